The summed E-state index contributed by atoms with van der Waals surface area (Å²) in [6.07, 6.45) is 5.89. The van der Waals surface area contributed by atoms with Gasteiger partial charge in [0.1, 0.15) is 18.0 Å². The maximum Gasteiger partial charge on any atom is 0.245 e. The third kappa shape index (κ3) is 6.13. The monoisotopic (exact) mass is 432 g/mol. The Balaban J connectivity index is 1.62. The van der Waals surface area contributed by atoms with Crippen molar-refractivity contribution in [1.82, 2.24) is 0 Å². The number of carbonyl (C=O) groups excluding carboxylic acids is 1. The Bertz CT molecular complexity index is 936. The molecule has 0 radical (unpaired) electrons. The molecule has 0 saturated heterocycles. The molecule has 1 aliphatic rings. The number of nitrogens with zero attached hydrogens (tertiary/aromatic N) is 1. The summed E-state index contributed by atoms with van der Waals surface area (Å²) in [7, 11) is -3.64. The first-order valence-corrected chi connectivity index (χ1v) is 12.0. The van der Waals surface area contributed by atoms with E-state index >= 15 is 0 Å². The summed E-state index contributed by atoms with van der Waals surface area (Å²) in [4.78, 5) is 12.5. The van der Waals surface area contributed by atoms with Crippen LogP contribution in [0.4, 0.5) is 11.4 Å². The Labute approximate surface area is 178 Å². The van der Waals surface area contributed by atoms with E-state index in [0.29, 0.717) is 23.7 Å². The second-order valence-electron chi connectivity index (χ2n) is 7.29. The average Bonchev–Trinajstić information content (AvgIpc) is 3.21. The van der Waals surface area contributed by atoms with E-state index in [0.717, 1.165) is 29.2 Å². The normalized spacial score (nSPS) is 14.3. The fraction of sp³-hybridized carbons (Fsp3) is 0.409. The van der Waals surface area contributed by atoms with Crippen molar-refractivity contribution in [2.45, 2.75) is 38.7 Å². The first kappa shape index (κ1) is 22.0. The quantitative estimate of drug-likeness (QED) is 0.651. The molecular formula is C22H28N2O5S. The van der Waals surface area contributed by atoms with Crippen LogP contribution in [0.5, 0.6) is 11.5 Å². The number of nitrogens with one attached hydrogen (secondary N) is 1. The number of benzene rings is 2. The van der Waals surface area contributed by atoms with Crippen LogP contribution in [0.15, 0.2) is 48.5 Å². The highest BCUT2D eigenvalue weighted by Gasteiger charge is 2.21. The predicted octanol–water partition coefficient (Wildman–Crippen LogP) is 3.81. The van der Waals surface area contributed by atoms with Gasteiger partial charge in [-0.2, -0.15) is 0 Å². The van der Waals surface area contributed by atoms with Crippen LogP contribution in [0.25, 0.3) is 0 Å². The molecule has 7 nitrogen and oxygen atoms in total. The van der Waals surface area contributed by atoms with Crippen molar-refractivity contribution in [3.8, 4) is 11.5 Å². The molecule has 0 unspecified atom stereocenters. The minimum absolute atomic E-state index is 0.267. The fourth-order valence-electron chi connectivity index (χ4n) is 3.42. The third-order valence-corrected chi connectivity index (χ3v) is 6.01. The van der Waals surface area contributed by atoms with Crippen LogP contribution in [0.3, 0.4) is 0 Å². The maximum atomic E-state index is 12.5. The van der Waals surface area contributed by atoms with E-state index in [1.165, 1.54) is 12.8 Å². The molecule has 0 bridgehead atoms. The van der Waals surface area contributed by atoms with E-state index in [9.17, 15) is 13.2 Å². The molecule has 1 aliphatic carbocycles. The number of hydrogen-bond acceptors (Lipinski definition) is 5. The van der Waals surface area contributed by atoms with Gasteiger partial charge in [-0.25, -0.2) is 8.42 Å². The molecule has 2 aromatic carbocycles. The molecule has 1 saturated carbocycles. The van der Waals surface area contributed by atoms with Crippen LogP contribution in [0.2, 0.25) is 0 Å². The molecule has 162 valence electrons. The van der Waals surface area contributed by atoms with Crippen LogP contribution in [-0.4, -0.2) is 39.8 Å². The predicted molar refractivity (Wildman–Crippen MR) is 118 cm³/mol. The number of anilines is 2. The van der Waals surface area contributed by atoms with Crippen LogP contribution in [-0.2, 0) is 14.8 Å². The number of amides is 1. The molecule has 8 heteroatoms. The molecule has 0 heterocycles. The number of hydrogen-bond donors (Lipinski definition) is 1. The minimum Gasteiger partial charge on any atom is -0.494 e. The van der Waals surface area contributed by atoms with Gasteiger partial charge in [0.05, 0.1) is 24.7 Å². The Morgan fingerprint density at radius 1 is 1.03 bits per heavy atom. The highest BCUT2D eigenvalue weighted by molar-refractivity contribution is 7.92. The van der Waals surface area contributed by atoms with Crippen molar-refractivity contribution in [3.63, 3.8) is 0 Å². The van der Waals surface area contributed by atoms with Gasteiger partial charge in [0.25, 0.3) is 0 Å². The van der Waals surface area contributed by atoms with Gasteiger partial charge in [-0.3, -0.25) is 9.10 Å². The number of rotatable bonds is 9. The third-order valence-electron chi connectivity index (χ3n) is 4.87. The summed E-state index contributed by atoms with van der Waals surface area (Å²) in [5, 5.41) is 2.74. The Kier molecular flexibility index (Phi) is 7.20. The maximum absolute atomic E-state index is 12.5. The summed E-state index contributed by atoms with van der Waals surface area (Å²) in [5.41, 5.74) is 0.982. The number of sulfonamides is 1. The van der Waals surface area contributed by atoms with Gasteiger partial charge in [0.15, 0.2) is 0 Å². The van der Waals surface area contributed by atoms with Gasteiger partial charge in [-0.15, -0.1) is 0 Å². The zero-order valence-corrected chi connectivity index (χ0v) is 18.2. The summed E-state index contributed by atoms with van der Waals surface area (Å²) < 4.78 is 36.8. The topological polar surface area (TPSA) is 84.9 Å². The second-order valence-corrected chi connectivity index (χ2v) is 9.20. The lowest BCUT2D eigenvalue weighted by Gasteiger charge is -2.22. The average molecular weight is 433 g/mol. The van der Waals surface area contributed by atoms with Crippen molar-refractivity contribution in [2.75, 3.05) is 29.0 Å². The van der Waals surface area contributed by atoms with Crippen LogP contribution >= 0.6 is 0 Å². The SMILES string of the molecule is CCOc1ccc(N(CC(=O)Nc2ccc(OC3CCCC3)cc2)S(C)(=O)=O)cc1. The van der Waals surface area contributed by atoms with E-state index in [1.54, 1.807) is 36.4 Å². The zero-order chi connectivity index (χ0) is 21.6. The van der Waals surface area contributed by atoms with Gasteiger partial charge in [0, 0.05) is 5.69 Å². The Morgan fingerprint density at radius 2 is 1.63 bits per heavy atom. The van der Waals surface area contributed by atoms with E-state index in [2.05, 4.69) is 5.32 Å². The van der Waals surface area contributed by atoms with E-state index in [4.69, 9.17) is 9.47 Å². The summed E-state index contributed by atoms with van der Waals surface area (Å²) >= 11 is 0. The molecule has 1 fully saturated rings. The van der Waals surface area contributed by atoms with Gasteiger partial charge in [-0.05, 0) is 81.1 Å². The lowest BCUT2D eigenvalue weighted by atomic mass is 10.2. The molecule has 1 amide bonds. The zero-order valence-electron chi connectivity index (χ0n) is 17.3. The van der Waals surface area contributed by atoms with Crippen molar-refractivity contribution in [1.29, 1.82) is 0 Å². The van der Waals surface area contributed by atoms with E-state index < -0.39 is 15.9 Å². The minimum atomic E-state index is -3.64. The Morgan fingerprint density at radius 3 is 2.20 bits per heavy atom. The van der Waals surface area contributed by atoms with Crippen molar-refractivity contribution in [2.24, 2.45) is 0 Å². The highest BCUT2D eigenvalue weighted by atomic mass is 32.2. The molecule has 30 heavy (non-hydrogen) atoms. The second kappa shape index (κ2) is 9.84. The first-order valence-electron chi connectivity index (χ1n) is 10.1. The molecule has 0 atom stereocenters. The van der Waals surface area contributed by atoms with E-state index in [1.807, 2.05) is 19.1 Å². The largest absolute Gasteiger partial charge is 0.494 e. The lowest BCUT2D eigenvalue weighted by molar-refractivity contribution is -0.114. The van der Waals surface area contributed by atoms with Crippen molar-refractivity contribution < 1.29 is 22.7 Å². The molecule has 0 spiro atoms. The van der Waals surface area contributed by atoms with Gasteiger partial charge < -0.3 is 14.8 Å². The van der Waals surface area contributed by atoms with Crippen molar-refractivity contribution >= 4 is 27.3 Å². The molecule has 0 aromatic heterocycles. The standard InChI is InChI=1S/C22H28N2O5S/c1-3-28-19-14-10-18(11-15-19)24(30(2,26)27)16-22(25)23-17-8-12-21(13-9-17)29-20-6-4-5-7-20/h8-15,20H,3-7,16H2,1-2H3,(H,23,25). The molecule has 2 aromatic rings. The Hall–Kier alpha value is -2.74. The summed E-state index contributed by atoms with van der Waals surface area (Å²) in [5.74, 6) is 0.977. The number of carbonyl (C=O) groups is 1. The van der Waals surface area contributed by atoms with Crippen molar-refractivity contribution in [3.05, 3.63) is 48.5 Å². The number of ether oxygens (including phenoxy) is 2. The summed E-state index contributed by atoms with van der Waals surface area (Å²) in [6, 6.07) is 13.7. The van der Waals surface area contributed by atoms with Gasteiger partial charge in [-0.1, -0.05) is 0 Å². The lowest BCUT2D eigenvalue weighted by Crippen LogP contribution is -2.37. The fourth-order valence-corrected chi connectivity index (χ4v) is 4.28. The van der Waals surface area contributed by atoms with Gasteiger partial charge >= 0.3 is 0 Å². The summed E-state index contributed by atoms with van der Waals surface area (Å²) in [6.45, 7) is 2.06. The van der Waals surface area contributed by atoms with Crippen LogP contribution in [0.1, 0.15) is 32.6 Å². The van der Waals surface area contributed by atoms with Gasteiger partial charge in [0.2, 0.25) is 15.9 Å². The first-order chi connectivity index (χ1) is 14.3. The molecular weight excluding hydrogens is 404 g/mol. The van der Waals surface area contributed by atoms with E-state index in [-0.39, 0.29) is 12.6 Å². The molecule has 0 aliphatic heterocycles. The van der Waals surface area contributed by atoms with Crippen LogP contribution in [0, 0.1) is 0 Å². The molecule has 3 rings (SSSR count). The smallest absolute Gasteiger partial charge is 0.245 e. The van der Waals surface area contributed by atoms with Crippen LogP contribution < -0.4 is 19.1 Å². The highest BCUT2D eigenvalue weighted by Crippen LogP contribution is 2.25. The molecule has 1 N–H and O–H groups in total.